The quantitative estimate of drug-likeness (QED) is 0.363. The number of hydrogen-bond acceptors (Lipinski definition) is 8. The smallest absolute Gasteiger partial charge is 0.261 e. The predicted octanol–water partition coefficient (Wildman–Crippen LogP) is 0.819. The van der Waals surface area contributed by atoms with Crippen molar-refractivity contribution in [1.29, 1.82) is 0 Å². The summed E-state index contributed by atoms with van der Waals surface area (Å²) in [5.41, 5.74) is 0.291. The van der Waals surface area contributed by atoms with E-state index in [1.165, 1.54) is 30.3 Å². The molecule has 1 aliphatic rings. The summed E-state index contributed by atoms with van der Waals surface area (Å²) in [5.74, 6) is 0.225. The molecule has 4 rings (SSSR count). The van der Waals surface area contributed by atoms with E-state index >= 15 is 0 Å². The standard InChI is InChI=1S/C22H23NO8S/c24-12-18-19(25)20(26)21(27)22(31-18)30-16-8-6-15(7-9-16)23-32(28,29)17-10-5-13-3-1-2-4-14(13)11-17/h1-11,18-27H,12H2/t18-,19-,20+,21-,22+/m1/s1. The van der Waals surface area contributed by atoms with E-state index < -0.39 is 47.3 Å². The third-order valence-electron chi connectivity index (χ3n) is 5.24. The largest absolute Gasteiger partial charge is 0.462 e. The molecule has 0 radical (unpaired) electrons. The summed E-state index contributed by atoms with van der Waals surface area (Å²) in [4.78, 5) is 0.123. The number of ether oxygens (including phenoxy) is 2. The highest BCUT2D eigenvalue weighted by Crippen LogP contribution is 2.26. The van der Waals surface area contributed by atoms with E-state index in [1.54, 1.807) is 12.1 Å². The number of hydrogen-bond donors (Lipinski definition) is 5. The molecule has 3 aromatic rings. The van der Waals surface area contributed by atoms with E-state index in [9.17, 15) is 28.8 Å². The molecule has 3 aromatic carbocycles. The first-order valence-electron chi connectivity index (χ1n) is 9.87. The van der Waals surface area contributed by atoms with Crippen molar-refractivity contribution in [1.82, 2.24) is 0 Å². The van der Waals surface area contributed by atoms with Crippen molar-refractivity contribution in [2.24, 2.45) is 0 Å². The van der Waals surface area contributed by atoms with Gasteiger partial charge in [0.25, 0.3) is 10.0 Å². The maximum Gasteiger partial charge on any atom is 0.261 e. The van der Waals surface area contributed by atoms with Gasteiger partial charge in [-0.1, -0.05) is 30.3 Å². The van der Waals surface area contributed by atoms with Gasteiger partial charge in [0.15, 0.2) is 0 Å². The van der Waals surface area contributed by atoms with Gasteiger partial charge in [0, 0.05) is 5.69 Å². The van der Waals surface area contributed by atoms with Crippen LogP contribution in [0.1, 0.15) is 0 Å². The highest BCUT2D eigenvalue weighted by Gasteiger charge is 2.44. The summed E-state index contributed by atoms with van der Waals surface area (Å²) < 4.78 is 38.8. The summed E-state index contributed by atoms with van der Waals surface area (Å²) in [7, 11) is -3.82. The molecule has 5 atom stereocenters. The van der Waals surface area contributed by atoms with Crippen LogP contribution in [0, 0.1) is 0 Å². The summed E-state index contributed by atoms with van der Waals surface area (Å²) in [6.45, 7) is -0.569. The van der Waals surface area contributed by atoms with Crippen molar-refractivity contribution in [2.75, 3.05) is 11.3 Å². The van der Waals surface area contributed by atoms with E-state index in [2.05, 4.69) is 4.72 Å². The Kier molecular flexibility index (Phi) is 6.33. The molecule has 1 heterocycles. The van der Waals surface area contributed by atoms with E-state index in [-0.39, 0.29) is 10.6 Å². The molecule has 0 unspecified atom stereocenters. The fraction of sp³-hybridized carbons (Fsp3) is 0.273. The number of fused-ring (bicyclic) bond motifs is 1. The van der Waals surface area contributed by atoms with Gasteiger partial charge in [-0.15, -0.1) is 0 Å². The second-order valence-electron chi connectivity index (χ2n) is 7.45. The number of aliphatic hydroxyl groups is 4. The number of benzene rings is 3. The molecule has 1 fully saturated rings. The number of rotatable bonds is 6. The topological polar surface area (TPSA) is 146 Å². The van der Waals surface area contributed by atoms with Crippen molar-refractivity contribution >= 4 is 26.5 Å². The molecule has 0 spiro atoms. The molecular weight excluding hydrogens is 438 g/mol. The second-order valence-corrected chi connectivity index (χ2v) is 9.14. The number of aliphatic hydroxyl groups excluding tert-OH is 4. The van der Waals surface area contributed by atoms with Gasteiger partial charge in [-0.2, -0.15) is 0 Å². The summed E-state index contributed by atoms with van der Waals surface area (Å²) in [5, 5.41) is 40.7. The zero-order chi connectivity index (χ0) is 22.9. The SMILES string of the molecule is O=S(=O)(Nc1ccc(O[C@H]2O[C@H](CO)[C@@H](O)[C@H](O)[C@H]2O)cc1)c1ccc2ccccc2c1. The molecule has 0 aliphatic carbocycles. The molecule has 9 nitrogen and oxygen atoms in total. The summed E-state index contributed by atoms with van der Waals surface area (Å²) >= 11 is 0. The maximum atomic E-state index is 12.8. The minimum atomic E-state index is -3.82. The van der Waals surface area contributed by atoms with E-state index in [0.29, 0.717) is 5.69 Å². The van der Waals surface area contributed by atoms with Crippen molar-refractivity contribution in [3.63, 3.8) is 0 Å². The molecule has 1 saturated heterocycles. The third-order valence-corrected chi connectivity index (χ3v) is 6.62. The Balaban J connectivity index is 1.46. The van der Waals surface area contributed by atoms with Crippen LogP contribution in [0.3, 0.4) is 0 Å². The second kappa shape index (κ2) is 9.02. The van der Waals surface area contributed by atoms with Gasteiger partial charge >= 0.3 is 0 Å². The lowest BCUT2D eigenvalue weighted by molar-refractivity contribution is -0.277. The van der Waals surface area contributed by atoms with Crippen LogP contribution in [0.4, 0.5) is 5.69 Å². The van der Waals surface area contributed by atoms with Crippen molar-refractivity contribution in [3.8, 4) is 5.75 Å². The molecule has 32 heavy (non-hydrogen) atoms. The fourth-order valence-corrected chi connectivity index (χ4v) is 4.54. The Bertz CT molecular complexity index is 1180. The average molecular weight is 461 g/mol. The Morgan fingerprint density at radius 1 is 0.875 bits per heavy atom. The third kappa shape index (κ3) is 4.56. The normalized spacial score (nSPS) is 26.1. The van der Waals surface area contributed by atoms with Gasteiger partial charge in [-0.05, 0) is 47.2 Å². The zero-order valence-corrected chi connectivity index (χ0v) is 17.6. The van der Waals surface area contributed by atoms with Crippen LogP contribution >= 0.6 is 0 Å². The lowest BCUT2D eigenvalue weighted by Crippen LogP contribution is -2.60. The predicted molar refractivity (Wildman–Crippen MR) is 116 cm³/mol. The van der Waals surface area contributed by atoms with Crippen molar-refractivity contribution < 1.29 is 38.3 Å². The minimum absolute atomic E-state index is 0.123. The van der Waals surface area contributed by atoms with Crippen LogP contribution in [0.25, 0.3) is 10.8 Å². The lowest BCUT2D eigenvalue weighted by Gasteiger charge is -2.39. The molecule has 0 saturated carbocycles. The highest BCUT2D eigenvalue weighted by molar-refractivity contribution is 7.92. The Labute approximate surface area is 184 Å². The van der Waals surface area contributed by atoms with Gasteiger partial charge in [0.2, 0.25) is 6.29 Å². The average Bonchev–Trinajstić information content (AvgIpc) is 2.80. The Hall–Kier alpha value is -2.73. The van der Waals surface area contributed by atoms with Gasteiger partial charge < -0.3 is 29.9 Å². The first kappa shape index (κ1) is 22.5. The molecule has 5 N–H and O–H groups in total. The van der Waals surface area contributed by atoms with Crippen LogP contribution in [-0.2, 0) is 14.8 Å². The van der Waals surface area contributed by atoms with E-state index in [0.717, 1.165) is 10.8 Å². The van der Waals surface area contributed by atoms with Gasteiger partial charge in [0.1, 0.15) is 30.2 Å². The number of anilines is 1. The Morgan fingerprint density at radius 2 is 1.56 bits per heavy atom. The van der Waals surface area contributed by atoms with E-state index in [1.807, 2.05) is 24.3 Å². The van der Waals surface area contributed by atoms with Crippen LogP contribution < -0.4 is 9.46 Å². The number of sulfonamides is 1. The number of nitrogens with one attached hydrogen (secondary N) is 1. The summed E-state index contributed by atoms with van der Waals surface area (Å²) in [6, 6.07) is 18.2. The first-order valence-corrected chi connectivity index (χ1v) is 11.4. The zero-order valence-electron chi connectivity index (χ0n) is 16.8. The molecule has 10 heteroatoms. The van der Waals surface area contributed by atoms with Gasteiger partial charge in [-0.3, -0.25) is 4.72 Å². The summed E-state index contributed by atoms with van der Waals surface area (Å²) in [6.07, 6.45) is -7.00. The first-order chi connectivity index (χ1) is 15.3. The molecule has 170 valence electrons. The fourth-order valence-electron chi connectivity index (χ4n) is 3.45. The minimum Gasteiger partial charge on any atom is -0.462 e. The Morgan fingerprint density at radius 3 is 2.25 bits per heavy atom. The molecule has 0 amide bonds. The monoisotopic (exact) mass is 461 g/mol. The van der Waals surface area contributed by atoms with Crippen LogP contribution in [0.5, 0.6) is 5.75 Å². The molecule has 0 aromatic heterocycles. The van der Waals surface area contributed by atoms with E-state index in [4.69, 9.17) is 9.47 Å². The van der Waals surface area contributed by atoms with Gasteiger partial charge in [-0.25, -0.2) is 8.42 Å². The lowest BCUT2D eigenvalue weighted by atomic mass is 9.99. The molecule has 0 bridgehead atoms. The van der Waals surface area contributed by atoms with Crippen LogP contribution in [0.2, 0.25) is 0 Å². The van der Waals surface area contributed by atoms with Gasteiger partial charge in [0.05, 0.1) is 11.5 Å². The van der Waals surface area contributed by atoms with Crippen LogP contribution in [0.15, 0.2) is 71.6 Å². The highest BCUT2D eigenvalue weighted by atomic mass is 32.2. The molecule has 1 aliphatic heterocycles. The van der Waals surface area contributed by atoms with Crippen molar-refractivity contribution in [2.45, 2.75) is 35.6 Å². The van der Waals surface area contributed by atoms with Crippen LogP contribution in [-0.4, -0.2) is 66.2 Å². The molecular formula is C22H23NO8S. The maximum absolute atomic E-state index is 12.8. The van der Waals surface area contributed by atoms with Crippen molar-refractivity contribution in [3.05, 3.63) is 66.7 Å².